The van der Waals surface area contributed by atoms with E-state index in [1.54, 1.807) is 10.9 Å². The van der Waals surface area contributed by atoms with Gasteiger partial charge >= 0.3 is 5.97 Å². The molecule has 1 aromatic heterocycles. The zero-order chi connectivity index (χ0) is 15.2. The summed E-state index contributed by atoms with van der Waals surface area (Å²) in [6.07, 6.45) is 3.70. The van der Waals surface area contributed by atoms with Crippen LogP contribution >= 0.6 is 0 Å². The summed E-state index contributed by atoms with van der Waals surface area (Å²) in [6, 6.07) is 9.34. The molecule has 0 atom stereocenters. The Morgan fingerprint density at radius 2 is 2.00 bits per heavy atom. The molecule has 0 spiro atoms. The zero-order valence-electron chi connectivity index (χ0n) is 11.8. The van der Waals surface area contributed by atoms with E-state index in [0.717, 1.165) is 5.69 Å². The first-order valence-corrected chi connectivity index (χ1v) is 6.72. The molecule has 110 valence electrons. The molecular weight excluding hydrogens is 270 g/mol. The second-order valence-corrected chi connectivity index (χ2v) is 4.60. The van der Waals surface area contributed by atoms with Crippen molar-refractivity contribution < 1.29 is 14.7 Å². The molecule has 0 radical (unpaired) electrons. The monoisotopic (exact) mass is 287 g/mol. The Morgan fingerprint density at radius 1 is 1.29 bits per heavy atom. The standard InChI is InChI=1S/C15H17N3O3/c1-2-8-17(10-14(19)20)15(21)13-9-16-11-18(13)12-6-4-3-5-7-12/h3-7,9,11H,2,8,10H2,1H3,(H,19,20). The SMILES string of the molecule is CCCN(CC(=O)O)C(=O)c1cncn1-c1ccccc1. The highest BCUT2D eigenvalue weighted by molar-refractivity contribution is 5.94. The highest BCUT2D eigenvalue weighted by atomic mass is 16.4. The number of benzene rings is 1. The van der Waals surface area contributed by atoms with Gasteiger partial charge in [-0.1, -0.05) is 25.1 Å². The first-order chi connectivity index (χ1) is 10.1. The topological polar surface area (TPSA) is 75.4 Å². The number of hydrogen-bond donors (Lipinski definition) is 1. The van der Waals surface area contributed by atoms with Crippen LogP contribution in [-0.4, -0.2) is 44.5 Å². The molecule has 0 aliphatic carbocycles. The molecule has 2 aromatic rings. The van der Waals surface area contributed by atoms with Crippen molar-refractivity contribution in [2.45, 2.75) is 13.3 Å². The van der Waals surface area contributed by atoms with Crippen molar-refractivity contribution in [1.82, 2.24) is 14.5 Å². The van der Waals surface area contributed by atoms with Crippen LogP contribution in [0.3, 0.4) is 0 Å². The number of amides is 1. The van der Waals surface area contributed by atoms with Gasteiger partial charge in [0.15, 0.2) is 0 Å². The maximum atomic E-state index is 12.5. The Balaban J connectivity index is 2.31. The summed E-state index contributed by atoms with van der Waals surface area (Å²) in [5.74, 6) is -1.36. The van der Waals surface area contributed by atoms with Crippen LogP contribution in [-0.2, 0) is 4.79 Å². The van der Waals surface area contributed by atoms with Crippen LogP contribution in [0.25, 0.3) is 5.69 Å². The highest BCUT2D eigenvalue weighted by Crippen LogP contribution is 2.13. The molecule has 0 fully saturated rings. The Hall–Kier alpha value is -2.63. The number of para-hydroxylation sites is 1. The number of carbonyl (C=O) groups excluding carboxylic acids is 1. The molecule has 0 aliphatic rings. The summed E-state index contributed by atoms with van der Waals surface area (Å²) in [4.78, 5) is 28.8. The first-order valence-electron chi connectivity index (χ1n) is 6.72. The fourth-order valence-corrected chi connectivity index (χ4v) is 2.10. The molecule has 0 unspecified atom stereocenters. The number of aromatic nitrogens is 2. The smallest absolute Gasteiger partial charge is 0.323 e. The molecule has 0 bridgehead atoms. The van der Waals surface area contributed by atoms with E-state index < -0.39 is 5.97 Å². The van der Waals surface area contributed by atoms with Gasteiger partial charge in [0.25, 0.3) is 5.91 Å². The minimum atomic E-state index is -1.03. The van der Waals surface area contributed by atoms with E-state index >= 15 is 0 Å². The fourth-order valence-electron chi connectivity index (χ4n) is 2.10. The quantitative estimate of drug-likeness (QED) is 0.879. The summed E-state index contributed by atoms with van der Waals surface area (Å²) < 4.78 is 1.66. The summed E-state index contributed by atoms with van der Waals surface area (Å²) in [5, 5.41) is 8.93. The van der Waals surface area contributed by atoms with E-state index in [4.69, 9.17) is 5.11 Å². The molecule has 0 saturated heterocycles. The number of rotatable bonds is 6. The number of imidazole rings is 1. The zero-order valence-corrected chi connectivity index (χ0v) is 11.8. The number of carboxylic acids is 1. The molecule has 0 aliphatic heterocycles. The van der Waals surface area contributed by atoms with Gasteiger partial charge in [0.1, 0.15) is 12.2 Å². The normalized spacial score (nSPS) is 10.3. The number of hydrogen-bond acceptors (Lipinski definition) is 3. The van der Waals surface area contributed by atoms with Crippen LogP contribution in [0.15, 0.2) is 42.9 Å². The van der Waals surface area contributed by atoms with Crippen LogP contribution in [0.4, 0.5) is 0 Å². The van der Waals surface area contributed by atoms with E-state index in [1.807, 2.05) is 37.3 Å². The van der Waals surface area contributed by atoms with Gasteiger partial charge in [-0.15, -0.1) is 0 Å². The molecule has 6 nitrogen and oxygen atoms in total. The van der Waals surface area contributed by atoms with Crippen molar-refractivity contribution in [2.75, 3.05) is 13.1 Å². The van der Waals surface area contributed by atoms with Crippen LogP contribution in [0.1, 0.15) is 23.8 Å². The van der Waals surface area contributed by atoms with E-state index in [2.05, 4.69) is 4.98 Å². The largest absolute Gasteiger partial charge is 0.480 e. The fraction of sp³-hybridized carbons (Fsp3) is 0.267. The Bertz CT molecular complexity index is 622. The van der Waals surface area contributed by atoms with Crippen LogP contribution in [0, 0.1) is 0 Å². The second kappa shape index (κ2) is 6.69. The van der Waals surface area contributed by atoms with Crippen molar-refractivity contribution in [2.24, 2.45) is 0 Å². The number of aliphatic carboxylic acids is 1. The van der Waals surface area contributed by atoms with Crippen molar-refractivity contribution in [1.29, 1.82) is 0 Å². The lowest BCUT2D eigenvalue weighted by molar-refractivity contribution is -0.137. The van der Waals surface area contributed by atoms with Crippen LogP contribution in [0.5, 0.6) is 0 Å². The number of carboxylic acid groups (broad SMARTS) is 1. The average molecular weight is 287 g/mol. The van der Waals surface area contributed by atoms with Gasteiger partial charge in [0, 0.05) is 12.2 Å². The minimum absolute atomic E-state index is 0.313. The average Bonchev–Trinajstić information content (AvgIpc) is 2.96. The second-order valence-electron chi connectivity index (χ2n) is 4.60. The third kappa shape index (κ3) is 3.47. The van der Waals surface area contributed by atoms with Crippen LogP contribution < -0.4 is 0 Å². The molecule has 1 N–H and O–H groups in total. The van der Waals surface area contributed by atoms with Gasteiger partial charge in [-0.25, -0.2) is 4.98 Å². The summed E-state index contributed by atoms with van der Waals surface area (Å²) in [6.45, 7) is 1.98. The van der Waals surface area contributed by atoms with Gasteiger partial charge < -0.3 is 10.0 Å². The molecular formula is C15H17N3O3. The first kappa shape index (κ1) is 14.8. The summed E-state index contributed by atoms with van der Waals surface area (Å²) >= 11 is 0. The maximum Gasteiger partial charge on any atom is 0.323 e. The maximum absolute atomic E-state index is 12.5. The summed E-state index contributed by atoms with van der Waals surface area (Å²) in [5.41, 5.74) is 1.17. The highest BCUT2D eigenvalue weighted by Gasteiger charge is 2.21. The lowest BCUT2D eigenvalue weighted by atomic mass is 10.3. The van der Waals surface area contributed by atoms with E-state index in [1.165, 1.54) is 11.1 Å². The number of nitrogens with zero attached hydrogens (tertiary/aromatic N) is 3. The van der Waals surface area contributed by atoms with Crippen molar-refractivity contribution >= 4 is 11.9 Å². The van der Waals surface area contributed by atoms with E-state index in [-0.39, 0.29) is 12.5 Å². The molecule has 1 aromatic carbocycles. The molecule has 2 rings (SSSR count). The van der Waals surface area contributed by atoms with Gasteiger partial charge in [-0.05, 0) is 18.6 Å². The Kier molecular flexibility index (Phi) is 4.71. The number of carbonyl (C=O) groups is 2. The lowest BCUT2D eigenvalue weighted by Crippen LogP contribution is -2.37. The Labute approximate surface area is 122 Å². The molecule has 0 saturated carbocycles. The van der Waals surface area contributed by atoms with Gasteiger partial charge in [0.2, 0.25) is 0 Å². The molecule has 1 heterocycles. The van der Waals surface area contributed by atoms with Crippen molar-refractivity contribution in [3.63, 3.8) is 0 Å². The predicted octanol–water partition coefficient (Wildman–Crippen LogP) is 1.81. The molecule has 1 amide bonds. The molecule has 6 heteroatoms. The lowest BCUT2D eigenvalue weighted by Gasteiger charge is -2.20. The molecule has 21 heavy (non-hydrogen) atoms. The van der Waals surface area contributed by atoms with E-state index in [9.17, 15) is 9.59 Å². The third-order valence-corrected chi connectivity index (χ3v) is 3.00. The summed E-state index contributed by atoms with van der Waals surface area (Å²) in [7, 11) is 0. The van der Waals surface area contributed by atoms with Crippen LogP contribution in [0.2, 0.25) is 0 Å². The van der Waals surface area contributed by atoms with Gasteiger partial charge in [-0.3, -0.25) is 14.2 Å². The van der Waals surface area contributed by atoms with Gasteiger partial charge in [0.05, 0.1) is 12.5 Å². The van der Waals surface area contributed by atoms with Gasteiger partial charge in [-0.2, -0.15) is 0 Å². The Morgan fingerprint density at radius 3 is 2.62 bits per heavy atom. The third-order valence-electron chi connectivity index (χ3n) is 3.00. The van der Waals surface area contributed by atoms with Crippen molar-refractivity contribution in [3.05, 3.63) is 48.5 Å². The van der Waals surface area contributed by atoms with Crippen molar-refractivity contribution in [3.8, 4) is 5.69 Å². The minimum Gasteiger partial charge on any atom is -0.480 e. The van der Waals surface area contributed by atoms with E-state index in [0.29, 0.717) is 18.7 Å². The predicted molar refractivity (Wildman–Crippen MR) is 77.4 cm³/mol.